The number of amides is 2. The molecule has 1 aliphatic carbocycles. The number of urea groups is 1. The van der Waals surface area contributed by atoms with Crippen LogP contribution in [0.3, 0.4) is 0 Å². The number of aromatic nitrogens is 2. The molecule has 34 heavy (non-hydrogen) atoms. The maximum absolute atomic E-state index is 12.8. The SMILES string of the molecule is N#Cc1ccc(-c2c3c(nn2-c2ccccc2Cl)C(NC(=O)NC2CCCC2)CCCO3)cc1. The number of fused-ring (bicyclic) bond motifs is 1. The van der Waals surface area contributed by atoms with Crippen LogP contribution in [0.2, 0.25) is 5.02 Å². The molecule has 8 heteroatoms. The molecule has 1 aliphatic heterocycles. The van der Waals surface area contributed by atoms with E-state index in [0.717, 1.165) is 49.8 Å². The van der Waals surface area contributed by atoms with Crippen molar-refractivity contribution in [2.45, 2.75) is 50.6 Å². The van der Waals surface area contributed by atoms with Crippen molar-refractivity contribution in [3.05, 3.63) is 64.8 Å². The summed E-state index contributed by atoms with van der Waals surface area (Å²) in [6.45, 7) is 0.521. The minimum atomic E-state index is -0.292. The lowest BCUT2D eigenvalue weighted by atomic mass is 10.0. The highest BCUT2D eigenvalue weighted by Crippen LogP contribution is 2.42. The molecule has 0 radical (unpaired) electrons. The Labute approximate surface area is 203 Å². The normalized spacial score (nSPS) is 17.8. The fraction of sp³-hybridized carbons (Fsp3) is 0.346. The Morgan fingerprint density at radius 2 is 1.82 bits per heavy atom. The summed E-state index contributed by atoms with van der Waals surface area (Å²) in [5.74, 6) is 0.633. The van der Waals surface area contributed by atoms with E-state index in [1.54, 1.807) is 16.8 Å². The molecule has 0 bridgehead atoms. The first-order valence-corrected chi connectivity index (χ1v) is 12.1. The van der Waals surface area contributed by atoms with Gasteiger partial charge in [0.1, 0.15) is 11.4 Å². The highest BCUT2D eigenvalue weighted by atomic mass is 35.5. The van der Waals surface area contributed by atoms with Gasteiger partial charge in [0, 0.05) is 11.6 Å². The van der Waals surface area contributed by atoms with Crippen molar-refractivity contribution in [2.75, 3.05) is 6.61 Å². The van der Waals surface area contributed by atoms with E-state index in [4.69, 9.17) is 21.4 Å². The number of carbonyl (C=O) groups excluding carboxylic acids is 1. The molecule has 2 heterocycles. The van der Waals surface area contributed by atoms with Gasteiger partial charge in [-0.2, -0.15) is 10.4 Å². The number of hydrogen-bond donors (Lipinski definition) is 2. The van der Waals surface area contributed by atoms with Gasteiger partial charge in [-0.25, -0.2) is 9.48 Å². The Kier molecular flexibility index (Phi) is 6.41. The Hall–Kier alpha value is -3.50. The number of carbonyl (C=O) groups is 1. The van der Waals surface area contributed by atoms with Gasteiger partial charge in [0.15, 0.2) is 5.75 Å². The molecule has 1 unspecified atom stereocenters. The van der Waals surface area contributed by atoms with E-state index in [9.17, 15) is 10.1 Å². The predicted molar refractivity (Wildman–Crippen MR) is 130 cm³/mol. The first-order chi connectivity index (χ1) is 16.6. The zero-order valence-electron chi connectivity index (χ0n) is 18.8. The fourth-order valence-electron chi connectivity index (χ4n) is 4.74. The molecule has 1 saturated carbocycles. The molecule has 1 fully saturated rings. The van der Waals surface area contributed by atoms with Gasteiger partial charge in [-0.3, -0.25) is 0 Å². The number of nitrogens with zero attached hydrogens (tertiary/aromatic N) is 3. The quantitative estimate of drug-likeness (QED) is 0.519. The van der Waals surface area contributed by atoms with Crippen LogP contribution < -0.4 is 15.4 Å². The molecule has 1 aromatic heterocycles. The summed E-state index contributed by atoms with van der Waals surface area (Å²) in [7, 11) is 0. The van der Waals surface area contributed by atoms with Crippen LogP contribution in [0.25, 0.3) is 16.9 Å². The predicted octanol–water partition coefficient (Wildman–Crippen LogP) is 5.52. The largest absolute Gasteiger partial charge is 0.489 e. The van der Waals surface area contributed by atoms with E-state index >= 15 is 0 Å². The average Bonchev–Trinajstić information content (AvgIpc) is 3.45. The molecule has 7 nitrogen and oxygen atoms in total. The van der Waals surface area contributed by atoms with Crippen molar-refractivity contribution in [1.82, 2.24) is 20.4 Å². The molecular formula is C26H26ClN5O2. The van der Waals surface area contributed by atoms with Gasteiger partial charge < -0.3 is 15.4 Å². The van der Waals surface area contributed by atoms with E-state index < -0.39 is 0 Å². The summed E-state index contributed by atoms with van der Waals surface area (Å²) in [6.07, 6.45) is 5.87. The lowest BCUT2D eigenvalue weighted by Crippen LogP contribution is -2.42. The number of hydrogen-bond acceptors (Lipinski definition) is 4. The van der Waals surface area contributed by atoms with Gasteiger partial charge in [0.25, 0.3) is 0 Å². The molecule has 2 aromatic carbocycles. The monoisotopic (exact) mass is 475 g/mol. The third kappa shape index (κ3) is 4.46. The molecule has 5 rings (SSSR count). The van der Waals surface area contributed by atoms with Crippen molar-refractivity contribution in [1.29, 1.82) is 5.26 Å². The van der Waals surface area contributed by atoms with E-state index in [1.807, 2.05) is 36.4 Å². The number of para-hydroxylation sites is 1. The van der Waals surface area contributed by atoms with Crippen LogP contribution in [0, 0.1) is 11.3 Å². The molecular weight excluding hydrogens is 450 g/mol. The minimum Gasteiger partial charge on any atom is -0.489 e. The maximum atomic E-state index is 12.8. The molecule has 174 valence electrons. The zero-order valence-corrected chi connectivity index (χ0v) is 19.5. The summed E-state index contributed by atoms with van der Waals surface area (Å²) < 4.78 is 8.00. The van der Waals surface area contributed by atoms with Crippen LogP contribution in [-0.2, 0) is 0 Å². The fourth-order valence-corrected chi connectivity index (χ4v) is 4.95. The van der Waals surface area contributed by atoms with Gasteiger partial charge in [-0.1, -0.05) is 48.7 Å². The molecule has 2 amide bonds. The smallest absolute Gasteiger partial charge is 0.315 e. The number of nitrogens with one attached hydrogen (secondary N) is 2. The van der Waals surface area contributed by atoms with E-state index in [2.05, 4.69) is 16.7 Å². The number of benzene rings is 2. The van der Waals surface area contributed by atoms with E-state index in [0.29, 0.717) is 34.3 Å². The van der Waals surface area contributed by atoms with Crippen LogP contribution in [0.15, 0.2) is 48.5 Å². The Balaban J connectivity index is 1.57. The molecule has 2 aliphatic rings. The molecule has 3 aromatic rings. The molecule has 0 saturated heterocycles. The number of halogens is 1. The number of nitriles is 1. The lowest BCUT2D eigenvalue weighted by Gasteiger charge is -2.18. The zero-order chi connectivity index (χ0) is 23.5. The molecule has 2 N–H and O–H groups in total. The van der Waals surface area contributed by atoms with Gasteiger partial charge in [0.05, 0.1) is 35.0 Å². The second kappa shape index (κ2) is 9.78. The first-order valence-electron chi connectivity index (χ1n) is 11.7. The van der Waals surface area contributed by atoms with Crippen molar-refractivity contribution in [3.8, 4) is 28.8 Å². The highest BCUT2D eigenvalue weighted by molar-refractivity contribution is 6.32. The van der Waals surface area contributed by atoms with E-state index in [1.165, 1.54) is 0 Å². The third-order valence-electron chi connectivity index (χ3n) is 6.44. The minimum absolute atomic E-state index is 0.169. The van der Waals surface area contributed by atoms with E-state index in [-0.39, 0.29) is 18.1 Å². The lowest BCUT2D eigenvalue weighted by molar-refractivity contribution is 0.232. The standard InChI is InChI=1S/C26H26ClN5O2/c27-20-8-3-4-10-22(20)32-24(18-13-11-17(16-28)12-14-18)25-23(31-32)21(9-5-15-34-25)30-26(33)29-19-6-1-2-7-19/h3-4,8,10-14,19,21H,1-2,5-7,9,15H2,(H2,29,30,33). The van der Waals surface area contributed by atoms with Gasteiger partial charge in [0.2, 0.25) is 0 Å². The molecule has 0 spiro atoms. The van der Waals surface area contributed by atoms with Crippen LogP contribution in [0.5, 0.6) is 5.75 Å². The van der Waals surface area contributed by atoms with Crippen molar-refractivity contribution >= 4 is 17.6 Å². The summed E-state index contributed by atoms with van der Waals surface area (Å²) in [4.78, 5) is 12.8. The van der Waals surface area contributed by atoms with Crippen LogP contribution in [0.4, 0.5) is 4.79 Å². The van der Waals surface area contributed by atoms with Gasteiger partial charge in [-0.05, 0) is 49.9 Å². The summed E-state index contributed by atoms with van der Waals surface area (Å²) in [5.41, 5.74) is 3.57. The van der Waals surface area contributed by atoms with Crippen LogP contribution in [-0.4, -0.2) is 28.5 Å². The number of ether oxygens (including phenoxy) is 1. The summed E-state index contributed by atoms with van der Waals surface area (Å²) in [6, 6.07) is 16.7. The second-order valence-electron chi connectivity index (χ2n) is 8.76. The van der Waals surface area contributed by atoms with Crippen molar-refractivity contribution in [3.63, 3.8) is 0 Å². The Morgan fingerprint density at radius 3 is 2.56 bits per heavy atom. The Morgan fingerprint density at radius 1 is 1.06 bits per heavy atom. The first kappa shape index (κ1) is 22.3. The summed E-state index contributed by atoms with van der Waals surface area (Å²) >= 11 is 6.55. The molecule has 1 atom stereocenters. The second-order valence-corrected chi connectivity index (χ2v) is 9.16. The highest BCUT2D eigenvalue weighted by Gasteiger charge is 2.31. The van der Waals surface area contributed by atoms with Gasteiger partial charge in [-0.15, -0.1) is 0 Å². The number of rotatable bonds is 4. The van der Waals surface area contributed by atoms with Crippen LogP contribution >= 0.6 is 11.6 Å². The van der Waals surface area contributed by atoms with Gasteiger partial charge >= 0.3 is 6.03 Å². The van der Waals surface area contributed by atoms with Crippen molar-refractivity contribution in [2.24, 2.45) is 0 Å². The average molecular weight is 476 g/mol. The third-order valence-corrected chi connectivity index (χ3v) is 6.76. The Bertz CT molecular complexity index is 1220. The maximum Gasteiger partial charge on any atom is 0.315 e. The van der Waals surface area contributed by atoms with Crippen LogP contribution in [0.1, 0.15) is 55.8 Å². The summed E-state index contributed by atoms with van der Waals surface area (Å²) in [5, 5.41) is 20.9. The topological polar surface area (TPSA) is 92.0 Å². The van der Waals surface area contributed by atoms with Crippen molar-refractivity contribution < 1.29 is 9.53 Å².